The molecule has 0 bridgehead atoms. The van der Waals surface area contributed by atoms with Crippen molar-refractivity contribution in [1.82, 2.24) is 9.97 Å². The highest BCUT2D eigenvalue weighted by molar-refractivity contribution is 7.26. The van der Waals surface area contributed by atoms with Gasteiger partial charge in [0.25, 0.3) is 0 Å². The van der Waals surface area contributed by atoms with Gasteiger partial charge in [0.15, 0.2) is 0 Å². The second kappa shape index (κ2) is 12.5. The van der Waals surface area contributed by atoms with Gasteiger partial charge in [-0.05, 0) is 90.7 Å². The van der Waals surface area contributed by atoms with Crippen LogP contribution < -0.4 is 0 Å². The predicted molar refractivity (Wildman–Crippen MR) is 247 cm³/mol. The summed E-state index contributed by atoms with van der Waals surface area (Å²) in [5.41, 5.74) is 16.5. The van der Waals surface area contributed by atoms with E-state index >= 15 is 0 Å². The fourth-order valence-corrected chi connectivity index (χ4v) is 10.8. The SMILES string of the molecule is CC1(C)c2cc(-c3ccc(-c4cccc(-c5cnc6c7ccccc7c7ccccc7c6n5)c4)cc3)ccc2-c2ccc(-c3cccc4c3sc3ccccc34)cc21. The number of benzene rings is 9. The third-order valence-corrected chi connectivity index (χ3v) is 13.7. The lowest BCUT2D eigenvalue weighted by molar-refractivity contribution is 0.661. The molecule has 0 atom stereocenters. The first-order valence-electron chi connectivity index (χ1n) is 20.0. The van der Waals surface area contributed by atoms with E-state index in [1.807, 2.05) is 17.5 Å². The van der Waals surface area contributed by atoms with Crippen molar-refractivity contribution >= 4 is 64.1 Å². The Morgan fingerprint density at radius 1 is 0.397 bits per heavy atom. The first-order chi connectivity index (χ1) is 28.5. The number of hydrogen-bond acceptors (Lipinski definition) is 3. The van der Waals surface area contributed by atoms with Gasteiger partial charge in [0, 0.05) is 41.9 Å². The van der Waals surface area contributed by atoms with Gasteiger partial charge in [-0.2, -0.15) is 0 Å². The summed E-state index contributed by atoms with van der Waals surface area (Å²) in [5.74, 6) is 0. The Bertz CT molecular complexity index is 3450. The van der Waals surface area contributed by atoms with Crippen LogP contribution in [0.4, 0.5) is 0 Å². The van der Waals surface area contributed by atoms with Crippen LogP contribution in [0.25, 0.3) is 109 Å². The van der Waals surface area contributed by atoms with Crippen molar-refractivity contribution in [3.05, 3.63) is 193 Å². The van der Waals surface area contributed by atoms with Crippen LogP contribution in [0.2, 0.25) is 0 Å². The molecule has 58 heavy (non-hydrogen) atoms. The minimum absolute atomic E-state index is 0.129. The Morgan fingerprint density at radius 3 is 1.66 bits per heavy atom. The van der Waals surface area contributed by atoms with Crippen molar-refractivity contribution in [2.75, 3.05) is 0 Å². The van der Waals surface area contributed by atoms with E-state index in [0.29, 0.717) is 0 Å². The average Bonchev–Trinajstić information content (AvgIpc) is 3.78. The molecule has 0 saturated carbocycles. The monoisotopic (exact) mass is 756 g/mol. The summed E-state index contributed by atoms with van der Waals surface area (Å²) in [5, 5.41) is 7.34. The van der Waals surface area contributed by atoms with E-state index in [9.17, 15) is 0 Å². The van der Waals surface area contributed by atoms with Crippen molar-refractivity contribution in [1.29, 1.82) is 0 Å². The van der Waals surface area contributed by atoms with E-state index < -0.39 is 0 Å². The van der Waals surface area contributed by atoms with Crippen molar-refractivity contribution < 1.29 is 0 Å². The highest BCUT2D eigenvalue weighted by Crippen LogP contribution is 2.51. The molecule has 0 aliphatic heterocycles. The minimum Gasteiger partial charge on any atom is -0.252 e. The smallest absolute Gasteiger partial charge is 0.0979 e. The largest absolute Gasteiger partial charge is 0.252 e. The van der Waals surface area contributed by atoms with Gasteiger partial charge in [-0.1, -0.05) is 166 Å². The fourth-order valence-electron chi connectivity index (χ4n) is 9.53. The van der Waals surface area contributed by atoms with E-state index in [4.69, 9.17) is 9.97 Å². The second-order valence-corrected chi connectivity index (χ2v) is 17.2. The molecule has 0 radical (unpaired) electrons. The first-order valence-corrected chi connectivity index (χ1v) is 20.8. The molecule has 9 aromatic carbocycles. The molecular formula is C55H36N2S. The molecule has 0 spiro atoms. The van der Waals surface area contributed by atoms with Crippen LogP contribution in [0, 0.1) is 0 Å². The van der Waals surface area contributed by atoms with Gasteiger partial charge in [0.1, 0.15) is 0 Å². The number of thiophene rings is 1. The molecule has 2 aromatic heterocycles. The average molecular weight is 757 g/mol. The van der Waals surface area contributed by atoms with Crippen molar-refractivity contribution in [3.63, 3.8) is 0 Å². The molecule has 11 aromatic rings. The van der Waals surface area contributed by atoms with Gasteiger partial charge in [-0.25, -0.2) is 4.98 Å². The van der Waals surface area contributed by atoms with Crippen LogP contribution in [-0.4, -0.2) is 9.97 Å². The maximum atomic E-state index is 5.25. The Morgan fingerprint density at radius 2 is 0.931 bits per heavy atom. The highest BCUT2D eigenvalue weighted by Gasteiger charge is 2.36. The molecule has 3 heteroatoms. The van der Waals surface area contributed by atoms with Crippen LogP contribution in [-0.2, 0) is 5.41 Å². The summed E-state index contributed by atoms with van der Waals surface area (Å²) >= 11 is 1.90. The molecule has 1 aliphatic rings. The van der Waals surface area contributed by atoms with Crippen molar-refractivity contribution in [2.45, 2.75) is 19.3 Å². The summed E-state index contributed by atoms with van der Waals surface area (Å²) in [7, 11) is 0. The Kier molecular flexibility index (Phi) is 7.18. The highest BCUT2D eigenvalue weighted by atomic mass is 32.1. The van der Waals surface area contributed by atoms with Gasteiger partial charge in [0.2, 0.25) is 0 Å². The summed E-state index contributed by atoms with van der Waals surface area (Å²) < 4.78 is 2.70. The number of rotatable bonds is 4. The summed E-state index contributed by atoms with van der Waals surface area (Å²) in [6, 6.07) is 64.4. The molecule has 0 fully saturated rings. The number of aromatic nitrogens is 2. The summed E-state index contributed by atoms with van der Waals surface area (Å²) in [4.78, 5) is 10.3. The lowest BCUT2D eigenvalue weighted by Gasteiger charge is -2.23. The molecule has 0 saturated heterocycles. The Labute approximate surface area is 340 Å². The molecule has 12 rings (SSSR count). The van der Waals surface area contributed by atoms with Gasteiger partial charge < -0.3 is 0 Å². The standard InChI is InChI=1S/C55H36N2S/c1-55(2)48-30-36(25-27-42(48)43-28-26-37(31-49(43)55)39-18-10-19-47-44-15-7-8-20-51(44)58-54(39)47)34-23-21-33(22-24-34)35-11-9-12-38(29-35)50-32-56-52-45-16-5-3-13-40(45)41-14-4-6-17-46(41)53(52)57-50/h3-32H,1-2H3. The molecule has 2 heterocycles. The maximum absolute atomic E-state index is 5.25. The fraction of sp³-hybridized carbons (Fsp3) is 0.0545. The molecule has 0 N–H and O–H groups in total. The third kappa shape index (κ3) is 4.97. The van der Waals surface area contributed by atoms with E-state index in [0.717, 1.165) is 38.6 Å². The van der Waals surface area contributed by atoms with E-state index in [-0.39, 0.29) is 5.41 Å². The van der Waals surface area contributed by atoms with Crippen LogP contribution in [0.5, 0.6) is 0 Å². The molecule has 0 amide bonds. The lowest BCUT2D eigenvalue weighted by atomic mass is 9.80. The van der Waals surface area contributed by atoms with Crippen LogP contribution in [0.1, 0.15) is 25.0 Å². The van der Waals surface area contributed by atoms with E-state index in [1.165, 1.54) is 81.0 Å². The first kappa shape index (κ1) is 33.2. The summed E-state index contributed by atoms with van der Waals surface area (Å²) in [6.45, 7) is 4.76. The molecule has 2 nitrogen and oxygen atoms in total. The van der Waals surface area contributed by atoms with Crippen LogP contribution in [0.3, 0.4) is 0 Å². The van der Waals surface area contributed by atoms with Gasteiger partial charge in [-0.3, -0.25) is 4.98 Å². The Balaban J connectivity index is 0.860. The third-order valence-electron chi connectivity index (χ3n) is 12.5. The zero-order valence-corrected chi connectivity index (χ0v) is 32.9. The van der Waals surface area contributed by atoms with E-state index in [1.54, 1.807) is 0 Å². The quantitative estimate of drug-likeness (QED) is 0.167. The number of nitrogens with zero attached hydrogens (tertiary/aromatic N) is 2. The van der Waals surface area contributed by atoms with Crippen molar-refractivity contribution in [2.24, 2.45) is 0 Å². The predicted octanol–water partition coefficient (Wildman–Crippen LogP) is 15.3. The topological polar surface area (TPSA) is 25.8 Å². The zero-order chi connectivity index (χ0) is 38.5. The van der Waals surface area contributed by atoms with Crippen LogP contribution >= 0.6 is 11.3 Å². The Hall–Kier alpha value is -6.94. The molecule has 272 valence electrons. The minimum atomic E-state index is -0.129. The van der Waals surface area contributed by atoms with Gasteiger partial charge >= 0.3 is 0 Å². The van der Waals surface area contributed by atoms with Gasteiger partial charge in [-0.15, -0.1) is 11.3 Å². The normalized spacial score (nSPS) is 13.1. The molecule has 0 unspecified atom stereocenters. The van der Waals surface area contributed by atoms with Crippen molar-refractivity contribution in [3.8, 4) is 55.8 Å². The second-order valence-electron chi connectivity index (χ2n) is 16.1. The number of fused-ring (bicyclic) bond motifs is 12. The lowest BCUT2D eigenvalue weighted by Crippen LogP contribution is -2.15. The van der Waals surface area contributed by atoms with E-state index in [2.05, 4.69) is 190 Å². The molecule has 1 aliphatic carbocycles. The maximum Gasteiger partial charge on any atom is 0.0979 e. The summed E-state index contributed by atoms with van der Waals surface area (Å²) in [6.07, 6.45) is 1.92. The van der Waals surface area contributed by atoms with Crippen LogP contribution in [0.15, 0.2) is 182 Å². The zero-order valence-electron chi connectivity index (χ0n) is 32.1. The number of hydrogen-bond donors (Lipinski definition) is 0. The van der Waals surface area contributed by atoms with Gasteiger partial charge in [0.05, 0.1) is 22.9 Å². The molecular weight excluding hydrogens is 721 g/mol.